The summed E-state index contributed by atoms with van der Waals surface area (Å²) in [5.41, 5.74) is -0.854. The Kier molecular flexibility index (Phi) is 5.81. The van der Waals surface area contributed by atoms with Crippen molar-refractivity contribution in [2.45, 2.75) is 12.7 Å². The molecule has 168 valence electrons. The number of carbonyl (C=O) groups is 1. The molecule has 0 unspecified atom stereocenters. The SMILES string of the molecule is O=C(c1cn(Cc2c(F)cccc2F)nn1)N1CCN(c2ccccc2C(F)(F)F)CC1. The number of halogens is 5. The Bertz CT molecular complexity index is 1100. The maximum atomic E-state index is 13.8. The lowest BCUT2D eigenvalue weighted by Crippen LogP contribution is -2.49. The zero-order valence-corrected chi connectivity index (χ0v) is 16.7. The molecule has 0 aliphatic carbocycles. The summed E-state index contributed by atoms with van der Waals surface area (Å²) in [6.07, 6.45) is -3.18. The molecule has 0 radical (unpaired) electrons. The molecule has 2 aromatic carbocycles. The molecule has 1 saturated heterocycles. The van der Waals surface area contributed by atoms with Gasteiger partial charge < -0.3 is 9.80 Å². The van der Waals surface area contributed by atoms with Gasteiger partial charge in [-0.25, -0.2) is 13.5 Å². The molecule has 1 amide bonds. The second-order valence-corrected chi connectivity index (χ2v) is 7.30. The number of nitrogens with zero attached hydrogens (tertiary/aromatic N) is 5. The molecular weight excluding hydrogens is 433 g/mol. The van der Waals surface area contributed by atoms with Gasteiger partial charge in [0, 0.05) is 37.4 Å². The Labute approximate surface area is 179 Å². The summed E-state index contributed by atoms with van der Waals surface area (Å²) in [7, 11) is 0. The van der Waals surface area contributed by atoms with Crippen LogP contribution >= 0.6 is 0 Å². The van der Waals surface area contributed by atoms with Gasteiger partial charge in [0.2, 0.25) is 0 Å². The maximum absolute atomic E-state index is 13.8. The van der Waals surface area contributed by atoms with E-state index in [1.807, 2.05) is 0 Å². The van der Waals surface area contributed by atoms with Crippen LogP contribution in [0.1, 0.15) is 21.6 Å². The summed E-state index contributed by atoms with van der Waals surface area (Å²) < 4.78 is 68.6. The summed E-state index contributed by atoms with van der Waals surface area (Å²) in [5.74, 6) is -1.92. The van der Waals surface area contributed by atoms with Crippen molar-refractivity contribution < 1.29 is 26.7 Å². The number of amides is 1. The van der Waals surface area contributed by atoms with E-state index in [0.29, 0.717) is 0 Å². The van der Waals surface area contributed by atoms with Crippen molar-refractivity contribution >= 4 is 11.6 Å². The molecule has 6 nitrogen and oxygen atoms in total. The molecule has 0 saturated carbocycles. The van der Waals surface area contributed by atoms with Crippen molar-refractivity contribution in [1.29, 1.82) is 0 Å². The predicted molar refractivity (Wildman–Crippen MR) is 105 cm³/mol. The highest BCUT2D eigenvalue weighted by Gasteiger charge is 2.35. The Balaban J connectivity index is 1.42. The van der Waals surface area contributed by atoms with Crippen LogP contribution in [0.3, 0.4) is 0 Å². The van der Waals surface area contributed by atoms with Gasteiger partial charge in [0.15, 0.2) is 5.69 Å². The van der Waals surface area contributed by atoms with E-state index in [0.717, 1.165) is 22.9 Å². The third-order valence-corrected chi connectivity index (χ3v) is 5.26. The Morgan fingerprint density at radius 3 is 2.25 bits per heavy atom. The number of aromatic nitrogens is 3. The molecule has 1 aliphatic rings. The first kappa shape index (κ1) is 21.7. The third kappa shape index (κ3) is 4.41. The van der Waals surface area contributed by atoms with Crippen LogP contribution in [0.4, 0.5) is 27.6 Å². The summed E-state index contributed by atoms with van der Waals surface area (Å²) >= 11 is 0. The van der Waals surface area contributed by atoms with Crippen LogP contribution in [0.2, 0.25) is 0 Å². The minimum atomic E-state index is -4.47. The number of anilines is 1. The first-order valence-electron chi connectivity index (χ1n) is 9.77. The van der Waals surface area contributed by atoms with Crippen LogP contribution in [-0.4, -0.2) is 52.0 Å². The van der Waals surface area contributed by atoms with Crippen LogP contribution in [0.15, 0.2) is 48.7 Å². The number of hydrogen-bond donors (Lipinski definition) is 0. The number of rotatable bonds is 4. The van der Waals surface area contributed by atoms with Gasteiger partial charge in [0.1, 0.15) is 11.6 Å². The fourth-order valence-electron chi connectivity index (χ4n) is 3.62. The van der Waals surface area contributed by atoms with Crippen LogP contribution in [0.5, 0.6) is 0 Å². The second-order valence-electron chi connectivity index (χ2n) is 7.30. The lowest BCUT2D eigenvalue weighted by Gasteiger charge is -2.36. The molecule has 1 aliphatic heterocycles. The highest BCUT2D eigenvalue weighted by atomic mass is 19.4. The van der Waals surface area contributed by atoms with Crippen molar-refractivity contribution in [3.05, 3.63) is 77.1 Å². The lowest BCUT2D eigenvalue weighted by molar-refractivity contribution is -0.137. The van der Waals surface area contributed by atoms with Crippen LogP contribution in [-0.2, 0) is 12.7 Å². The molecule has 0 atom stereocenters. The van der Waals surface area contributed by atoms with Crippen LogP contribution in [0, 0.1) is 11.6 Å². The Morgan fingerprint density at radius 1 is 0.938 bits per heavy atom. The minimum absolute atomic E-state index is 0.00844. The number of alkyl halides is 3. The summed E-state index contributed by atoms with van der Waals surface area (Å²) in [5, 5.41) is 7.55. The normalized spacial score (nSPS) is 14.7. The van der Waals surface area contributed by atoms with E-state index >= 15 is 0 Å². The zero-order valence-electron chi connectivity index (χ0n) is 16.7. The zero-order chi connectivity index (χ0) is 22.9. The topological polar surface area (TPSA) is 54.3 Å². The minimum Gasteiger partial charge on any atom is -0.367 e. The number of hydrogen-bond acceptors (Lipinski definition) is 4. The van der Waals surface area contributed by atoms with E-state index in [1.165, 1.54) is 29.3 Å². The first-order chi connectivity index (χ1) is 15.2. The molecule has 0 spiro atoms. The van der Waals surface area contributed by atoms with Crippen molar-refractivity contribution in [2.24, 2.45) is 0 Å². The Morgan fingerprint density at radius 2 is 1.59 bits per heavy atom. The van der Waals surface area contributed by atoms with E-state index < -0.39 is 29.3 Å². The number of carbonyl (C=O) groups excluding carboxylic acids is 1. The van der Waals surface area contributed by atoms with E-state index in [9.17, 15) is 26.7 Å². The number of para-hydroxylation sites is 1. The molecular formula is C21H18F5N5O. The van der Waals surface area contributed by atoms with Gasteiger partial charge in [0.05, 0.1) is 18.3 Å². The van der Waals surface area contributed by atoms with Gasteiger partial charge in [-0.05, 0) is 24.3 Å². The average Bonchev–Trinajstić information content (AvgIpc) is 3.24. The summed E-state index contributed by atoms with van der Waals surface area (Å²) in [6, 6.07) is 8.81. The van der Waals surface area contributed by atoms with Gasteiger partial charge >= 0.3 is 6.18 Å². The molecule has 1 fully saturated rings. The molecule has 4 rings (SSSR count). The monoisotopic (exact) mass is 451 g/mol. The van der Waals surface area contributed by atoms with E-state index in [-0.39, 0.29) is 49.7 Å². The first-order valence-corrected chi connectivity index (χ1v) is 9.77. The van der Waals surface area contributed by atoms with Crippen LogP contribution < -0.4 is 4.90 Å². The molecule has 1 aromatic heterocycles. The van der Waals surface area contributed by atoms with E-state index in [2.05, 4.69) is 10.3 Å². The number of benzene rings is 2. The summed E-state index contributed by atoms with van der Waals surface area (Å²) in [6.45, 7) is 0.585. The van der Waals surface area contributed by atoms with Crippen molar-refractivity contribution in [3.63, 3.8) is 0 Å². The maximum Gasteiger partial charge on any atom is 0.418 e. The second kappa shape index (κ2) is 8.56. The molecule has 3 aromatic rings. The third-order valence-electron chi connectivity index (χ3n) is 5.26. The van der Waals surface area contributed by atoms with Gasteiger partial charge in [-0.1, -0.05) is 23.4 Å². The molecule has 2 heterocycles. The highest BCUT2D eigenvalue weighted by molar-refractivity contribution is 5.92. The van der Waals surface area contributed by atoms with Crippen molar-refractivity contribution in [3.8, 4) is 0 Å². The summed E-state index contributed by atoms with van der Waals surface area (Å²) in [4.78, 5) is 15.8. The molecule has 32 heavy (non-hydrogen) atoms. The fourth-order valence-corrected chi connectivity index (χ4v) is 3.62. The van der Waals surface area contributed by atoms with Gasteiger partial charge in [-0.3, -0.25) is 4.79 Å². The largest absolute Gasteiger partial charge is 0.418 e. The average molecular weight is 451 g/mol. The standard InChI is InChI=1S/C21H18F5N5O/c22-16-5-3-6-17(23)14(16)12-31-13-18(27-28-31)20(32)30-10-8-29(9-11-30)19-7-2-1-4-15(19)21(24,25)26/h1-7,13H,8-12H2. The predicted octanol–water partition coefficient (Wildman–Crippen LogP) is 3.59. The molecule has 0 N–H and O–H groups in total. The van der Waals surface area contributed by atoms with Crippen LogP contribution in [0.25, 0.3) is 0 Å². The van der Waals surface area contributed by atoms with Crippen molar-refractivity contribution in [2.75, 3.05) is 31.1 Å². The van der Waals surface area contributed by atoms with Gasteiger partial charge in [-0.15, -0.1) is 5.10 Å². The lowest BCUT2D eigenvalue weighted by atomic mass is 10.1. The molecule has 11 heteroatoms. The van der Waals surface area contributed by atoms with Gasteiger partial charge in [-0.2, -0.15) is 13.2 Å². The van der Waals surface area contributed by atoms with Crippen molar-refractivity contribution in [1.82, 2.24) is 19.9 Å². The quantitative estimate of drug-likeness (QED) is 0.569. The van der Waals surface area contributed by atoms with Gasteiger partial charge in [0.25, 0.3) is 5.91 Å². The fraction of sp³-hybridized carbons (Fsp3) is 0.286. The molecule has 0 bridgehead atoms. The van der Waals surface area contributed by atoms with E-state index in [1.54, 1.807) is 11.0 Å². The smallest absolute Gasteiger partial charge is 0.367 e. The number of piperazine rings is 1. The Hall–Kier alpha value is -3.50. The van der Waals surface area contributed by atoms with E-state index in [4.69, 9.17) is 0 Å². The highest BCUT2D eigenvalue weighted by Crippen LogP contribution is 2.36.